The van der Waals surface area contributed by atoms with E-state index in [9.17, 15) is 22.7 Å². The van der Waals surface area contributed by atoms with Gasteiger partial charge in [-0.05, 0) is 6.42 Å². The second-order valence-corrected chi connectivity index (χ2v) is 13.3. The molecule has 7 rings (SSSR count). The van der Waals surface area contributed by atoms with E-state index in [2.05, 4.69) is 35.2 Å². The number of ether oxygens (including phenoxy) is 2. The molecule has 24 heteroatoms. The van der Waals surface area contributed by atoms with Gasteiger partial charge in [-0.2, -0.15) is 18.1 Å². The van der Waals surface area contributed by atoms with Crippen LogP contribution in [0, 0.1) is 0 Å². The van der Waals surface area contributed by atoms with Crippen molar-refractivity contribution in [3.63, 3.8) is 0 Å². The number of hydrogen-bond acceptors (Lipinski definition) is 17. The average molecular weight is 660 g/mol. The number of rotatable bonds is 2. The van der Waals surface area contributed by atoms with Crippen molar-refractivity contribution < 1.29 is 45.0 Å². The van der Waals surface area contributed by atoms with Gasteiger partial charge in [0.15, 0.2) is 41.3 Å². The molecule has 0 aliphatic carbocycles. The molecule has 0 amide bonds. The number of fused-ring (bicyclic) bond motifs is 5. The Bertz CT molecular complexity index is 1970. The fourth-order valence-electron chi connectivity index (χ4n) is 5.33. The molecule has 8 atom stereocenters. The quantitative estimate of drug-likeness (QED) is 0.143. The van der Waals surface area contributed by atoms with E-state index in [0.717, 1.165) is 11.0 Å². The number of nitrogen functional groups attached to an aromatic ring is 2. The Kier molecular flexibility index (Phi) is 6.89. The highest BCUT2D eigenvalue weighted by molar-refractivity contribution is 7.86. The Morgan fingerprint density at radius 3 is 2.75 bits per heavy atom. The van der Waals surface area contributed by atoms with Crippen molar-refractivity contribution in [1.29, 1.82) is 0 Å². The van der Waals surface area contributed by atoms with Crippen LogP contribution in [0.15, 0.2) is 17.4 Å². The summed E-state index contributed by atoms with van der Waals surface area (Å²) in [4.78, 5) is 41.1. The zero-order chi connectivity index (χ0) is 31.0. The second-order valence-electron chi connectivity index (χ2n) is 10.2. The van der Waals surface area contributed by atoms with Crippen molar-refractivity contribution in [2.75, 3.05) is 23.8 Å². The standard InChI is InChI=1S/C20H23FN11O10PS/c21-10-13-9(40-19(10)31-6-26-11-14(22)24-5-25-15(11)31)4-38-43(34,35)41-8-3-7(1-2-44(36,37)42-13)39-18(8)32-16-12(29-30-32)17(33)28-20(23)27-16/h5-10,13,18-19H,1-4H2,(H,34,35)(H2,22,24,25)(H3,23,27,28,33)/t7-,8-,9-,10-,13-,18-,19-/m1/s1. The van der Waals surface area contributed by atoms with Crippen LogP contribution in [0.2, 0.25) is 0 Å². The maximum absolute atomic E-state index is 15.9. The van der Waals surface area contributed by atoms with E-state index in [1.54, 1.807) is 0 Å². The largest absolute Gasteiger partial charge is 0.472 e. The number of halogens is 1. The van der Waals surface area contributed by atoms with E-state index in [1.165, 1.54) is 10.9 Å². The molecule has 0 aromatic carbocycles. The van der Waals surface area contributed by atoms with Gasteiger partial charge in [0, 0.05) is 6.42 Å². The second kappa shape index (κ2) is 10.4. The highest BCUT2D eigenvalue weighted by Gasteiger charge is 2.52. The molecule has 44 heavy (non-hydrogen) atoms. The van der Waals surface area contributed by atoms with Crippen LogP contribution in [-0.4, -0.2) is 101 Å². The average Bonchev–Trinajstić information content (AvgIpc) is 3.72. The van der Waals surface area contributed by atoms with E-state index in [-0.39, 0.29) is 46.9 Å². The maximum atomic E-state index is 15.9. The van der Waals surface area contributed by atoms with Gasteiger partial charge >= 0.3 is 7.82 Å². The smallest absolute Gasteiger partial charge is 0.382 e. The predicted octanol–water partition coefficient (Wildman–Crippen LogP) is -1.34. The molecule has 4 aromatic rings. The van der Waals surface area contributed by atoms with Gasteiger partial charge in [0.25, 0.3) is 15.7 Å². The molecule has 3 saturated heterocycles. The summed E-state index contributed by atoms with van der Waals surface area (Å²) in [6.45, 7) is -0.823. The number of imidazole rings is 1. The summed E-state index contributed by atoms with van der Waals surface area (Å²) in [6, 6.07) is 0. The molecule has 0 spiro atoms. The normalized spacial score (nSPS) is 34.4. The van der Waals surface area contributed by atoms with E-state index in [4.69, 9.17) is 34.2 Å². The molecule has 21 nitrogen and oxygen atoms in total. The number of phosphoric ester groups is 1. The van der Waals surface area contributed by atoms with Crippen molar-refractivity contribution in [3.05, 3.63) is 23.0 Å². The summed E-state index contributed by atoms with van der Waals surface area (Å²) in [5, 5.41) is 7.63. The molecule has 3 aliphatic rings. The van der Waals surface area contributed by atoms with Crippen LogP contribution >= 0.6 is 7.82 Å². The number of H-pyrrole nitrogens is 1. The minimum atomic E-state index is -4.96. The molecule has 6 N–H and O–H groups in total. The van der Waals surface area contributed by atoms with Crippen LogP contribution in [0.1, 0.15) is 25.3 Å². The molecule has 2 bridgehead atoms. The molecule has 3 aliphatic heterocycles. The van der Waals surface area contributed by atoms with E-state index in [0.29, 0.717) is 0 Å². The Hall–Kier alpha value is -3.70. The molecule has 4 aromatic heterocycles. The zero-order valence-electron chi connectivity index (χ0n) is 22.1. The molecule has 3 fully saturated rings. The first-order chi connectivity index (χ1) is 20.9. The summed E-state index contributed by atoms with van der Waals surface area (Å²) in [5.41, 5.74) is 10.7. The molecule has 1 unspecified atom stereocenters. The maximum Gasteiger partial charge on any atom is 0.472 e. The molecule has 0 radical (unpaired) electrons. The molecule has 7 heterocycles. The van der Waals surface area contributed by atoms with Crippen LogP contribution in [0.4, 0.5) is 16.2 Å². The van der Waals surface area contributed by atoms with Crippen molar-refractivity contribution in [3.8, 4) is 0 Å². The number of nitrogens with two attached hydrogens (primary N) is 2. The highest BCUT2D eigenvalue weighted by Crippen LogP contribution is 2.50. The first-order valence-corrected chi connectivity index (χ1v) is 16.0. The third-order valence-electron chi connectivity index (χ3n) is 7.29. The lowest BCUT2D eigenvalue weighted by Gasteiger charge is -2.24. The van der Waals surface area contributed by atoms with Gasteiger partial charge in [-0.25, -0.2) is 23.9 Å². The predicted molar refractivity (Wildman–Crippen MR) is 141 cm³/mol. The number of aromatic amines is 1. The van der Waals surface area contributed by atoms with Crippen LogP contribution < -0.4 is 17.0 Å². The number of anilines is 2. The van der Waals surface area contributed by atoms with E-state index in [1.807, 2.05) is 0 Å². The van der Waals surface area contributed by atoms with Crippen LogP contribution in [0.3, 0.4) is 0 Å². The van der Waals surface area contributed by atoms with Gasteiger partial charge in [-0.15, -0.1) is 5.10 Å². The van der Waals surface area contributed by atoms with Crippen molar-refractivity contribution in [2.24, 2.45) is 0 Å². The lowest BCUT2D eigenvalue weighted by atomic mass is 10.1. The Morgan fingerprint density at radius 1 is 1.11 bits per heavy atom. The van der Waals surface area contributed by atoms with Gasteiger partial charge in [-0.3, -0.25) is 27.6 Å². The molecule has 0 saturated carbocycles. The number of nitrogens with one attached hydrogen (secondary N) is 1. The first-order valence-electron chi connectivity index (χ1n) is 12.9. The summed E-state index contributed by atoms with van der Waals surface area (Å²) in [6.07, 6.45) is -8.40. The number of hydrogen-bond donors (Lipinski definition) is 4. The topological polar surface area (TPSA) is 290 Å². The molecular formula is C20H23FN11O10PS. The van der Waals surface area contributed by atoms with Crippen molar-refractivity contribution in [2.45, 2.75) is 55.9 Å². The van der Waals surface area contributed by atoms with Crippen molar-refractivity contribution in [1.82, 2.24) is 44.5 Å². The zero-order valence-corrected chi connectivity index (χ0v) is 23.8. The number of phosphoric acid groups is 1. The van der Waals surface area contributed by atoms with Crippen LogP contribution in [0.25, 0.3) is 22.3 Å². The van der Waals surface area contributed by atoms with Gasteiger partial charge < -0.3 is 25.8 Å². The SMILES string of the molecule is Nc1nc2c(nnn2[C@@H]2O[C@@H]3CCS(=O)(=O)O[C@H]4[C@@H](F)[C@H](n5cnc6c(N)ncnc65)O[C@@H]4COP(=O)(O)O[C@@H]2C3)c(=O)[nH]1. The Labute approximate surface area is 244 Å². The van der Waals surface area contributed by atoms with Gasteiger partial charge in [-0.1, -0.05) is 5.21 Å². The summed E-state index contributed by atoms with van der Waals surface area (Å²) >= 11 is 0. The lowest BCUT2D eigenvalue weighted by molar-refractivity contribution is -0.0584. The Balaban J connectivity index is 1.19. The summed E-state index contributed by atoms with van der Waals surface area (Å²) in [7, 11) is -9.39. The Morgan fingerprint density at radius 2 is 1.93 bits per heavy atom. The lowest BCUT2D eigenvalue weighted by Crippen LogP contribution is -2.37. The minimum Gasteiger partial charge on any atom is -0.382 e. The highest BCUT2D eigenvalue weighted by atomic mass is 32.2. The van der Waals surface area contributed by atoms with E-state index < -0.39 is 78.9 Å². The third kappa shape index (κ3) is 5.09. The van der Waals surface area contributed by atoms with Gasteiger partial charge in [0.2, 0.25) is 5.95 Å². The first kappa shape index (κ1) is 29.0. The van der Waals surface area contributed by atoms with Crippen LogP contribution in [-0.2, 0) is 37.4 Å². The number of alkyl halides is 1. The van der Waals surface area contributed by atoms with E-state index >= 15 is 4.39 Å². The minimum absolute atomic E-state index is 0.0188. The third-order valence-corrected chi connectivity index (χ3v) is 9.55. The monoisotopic (exact) mass is 659 g/mol. The van der Waals surface area contributed by atoms with Gasteiger partial charge in [0.05, 0.1) is 24.8 Å². The fraction of sp³-hybridized carbons (Fsp3) is 0.550. The van der Waals surface area contributed by atoms with Crippen molar-refractivity contribution >= 4 is 52.0 Å². The van der Waals surface area contributed by atoms with Crippen LogP contribution in [0.5, 0.6) is 0 Å². The summed E-state index contributed by atoms with van der Waals surface area (Å²) < 4.78 is 84.8. The summed E-state index contributed by atoms with van der Waals surface area (Å²) in [5.74, 6) is -0.865. The molecular weight excluding hydrogens is 636 g/mol. The fourth-order valence-corrected chi connectivity index (χ4v) is 7.47. The number of aromatic nitrogens is 9. The number of nitrogens with zero attached hydrogens (tertiary/aromatic N) is 8. The van der Waals surface area contributed by atoms with Gasteiger partial charge in [0.1, 0.15) is 30.2 Å². The molecule has 236 valence electrons.